The molecular weight excluding hydrogens is 259 g/mol. The van der Waals surface area contributed by atoms with E-state index in [0.717, 1.165) is 12.1 Å². The third-order valence-electron chi connectivity index (χ3n) is 2.48. The number of anilines is 1. The number of aliphatic carboxylic acids is 1. The van der Waals surface area contributed by atoms with E-state index in [1.54, 1.807) is 0 Å². The molecule has 0 amide bonds. The Morgan fingerprint density at radius 2 is 2.11 bits per heavy atom. The summed E-state index contributed by atoms with van der Waals surface area (Å²) >= 11 is 0. The highest BCUT2D eigenvalue weighted by Gasteiger charge is 2.30. The molecule has 0 aromatic heterocycles. The molecule has 1 N–H and O–H groups in total. The number of nitrogens with zero attached hydrogens (tertiary/aromatic N) is 1. The lowest BCUT2D eigenvalue weighted by Crippen LogP contribution is -2.26. The van der Waals surface area contributed by atoms with E-state index in [1.165, 1.54) is 23.1 Å². The molecule has 0 aliphatic heterocycles. The van der Waals surface area contributed by atoms with Gasteiger partial charge in [-0.1, -0.05) is 12.1 Å². The fraction of sp³-hybridized carbons (Fsp3) is 0.308. The van der Waals surface area contributed by atoms with E-state index in [0.29, 0.717) is 5.69 Å². The number of carboxylic acids is 1. The highest BCUT2D eigenvalue weighted by Crippen LogP contribution is 2.31. The minimum atomic E-state index is -4.41. The van der Waals surface area contributed by atoms with Crippen LogP contribution in [0.2, 0.25) is 0 Å². The maximum Gasteiger partial charge on any atom is 0.416 e. The average molecular weight is 273 g/mol. The zero-order valence-corrected chi connectivity index (χ0v) is 10.2. The van der Waals surface area contributed by atoms with E-state index < -0.39 is 17.7 Å². The van der Waals surface area contributed by atoms with Crippen molar-refractivity contribution in [1.29, 1.82) is 0 Å². The lowest BCUT2D eigenvalue weighted by molar-refractivity contribution is -0.138. The van der Waals surface area contributed by atoms with Gasteiger partial charge in [-0.15, -0.1) is 6.58 Å². The Hall–Kier alpha value is -1.98. The summed E-state index contributed by atoms with van der Waals surface area (Å²) in [5, 5.41) is 8.63. The Morgan fingerprint density at radius 1 is 1.42 bits per heavy atom. The molecule has 0 fully saturated rings. The minimum absolute atomic E-state index is 0.128. The van der Waals surface area contributed by atoms with Crippen molar-refractivity contribution >= 4 is 11.7 Å². The summed E-state index contributed by atoms with van der Waals surface area (Å²) in [6.07, 6.45) is -3.05. The van der Waals surface area contributed by atoms with Crippen molar-refractivity contribution in [3.63, 3.8) is 0 Å². The molecule has 0 unspecified atom stereocenters. The first-order valence-corrected chi connectivity index (χ1v) is 5.59. The molecule has 19 heavy (non-hydrogen) atoms. The zero-order valence-electron chi connectivity index (χ0n) is 10.2. The third kappa shape index (κ3) is 4.65. The van der Waals surface area contributed by atoms with E-state index in [1.807, 2.05) is 0 Å². The number of rotatable bonds is 6. The van der Waals surface area contributed by atoms with Gasteiger partial charge in [-0.3, -0.25) is 4.79 Å². The maximum absolute atomic E-state index is 12.6. The van der Waals surface area contributed by atoms with Gasteiger partial charge < -0.3 is 10.0 Å². The number of hydrogen-bond donors (Lipinski definition) is 1. The van der Waals surface area contributed by atoms with Gasteiger partial charge in [0.1, 0.15) is 0 Å². The first-order valence-electron chi connectivity index (χ1n) is 5.59. The van der Waals surface area contributed by atoms with Crippen LogP contribution in [0, 0.1) is 0 Å². The van der Waals surface area contributed by atoms with Crippen LogP contribution < -0.4 is 4.90 Å². The van der Waals surface area contributed by atoms with Crippen LogP contribution in [0.25, 0.3) is 0 Å². The van der Waals surface area contributed by atoms with Gasteiger partial charge >= 0.3 is 12.1 Å². The molecule has 0 saturated carbocycles. The van der Waals surface area contributed by atoms with E-state index in [9.17, 15) is 18.0 Å². The summed E-state index contributed by atoms with van der Waals surface area (Å²) in [6.45, 7) is 3.93. The smallest absolute Gasteiger partial charge is 0.416 e. The van der Waals surface area contributed by atoms with Crippen LogP contribution in [0.4, 0.5) is 18.9 Å². The fourth-order valence-corrected chi connectivity index (χ4v) is 1.59. The van der Waals surface area contributed by atoms with Crippen LogP contribution in [-0.2, 0) is 11.0 Å². The third-order valence-corrected chi connectivity index (χ3v) is 2.48. The van der Waals surface area contributed by atoms with Crippen molar-refractivity contribution in [3.8, 4) is 0 Å². The van der Waals surface area contributed by atoms with Gasteiger partial charge in [-0.05, 0) is 18.2 Å². The molecule has 0 atom stereocenters. The second kappa shape index (κ2) is 6.26. The van der Waals surface area contributed by atoms with Crippen molar-refractivity contribution in [2.24, 2.45) is 0 Å². The summed E-state index contributed by atoms with van der Waals surface area (Å²) < 4.78 is 37.8. The van der Waals surface area contributed by atoms with E-state index in [-0.39, 0.29) is 19.5 Å². The van der Waals surface area contributed by atoms with Crippen LogP contribution in [0.5, 0.6) is 0 Å². The summed E-state index contributed by atoms with van der Waals surface area (Å²) in [7, 11) is 0. The Morgan fingerprint density at radius 3 is 2.63 bits per heavy atom. The van der Waals surface area contributed by atoms with Crippen LogP contribution in [0.1, 0.15) is 12.0 Å². The van der Waals surface area contributed by atoms with Crippen molar-refractivity contribution in [2.45, 2.75) is 12.6 Å². The average Bonchev–Trinajstić information content (AvgIpc) is 2.33. The Labute approximate surface area is 109 Å². The molecule has 0 aliphatic rings. The Kier molecular flexibility index (Phi) is 4.97. The van der Waals surface area contributed by atoms with Crippen molar-refractivity contribution < 1.29 is 23.1 Å². The number of hydrogen-bond acceptors (Lipinski definition) is 2. The predicted octanol–water partition coefficient (Wildman–Crippen LogP) is 3.17. The highest BCUT2D eigenvalue weighted by atomic mass is 19.4. The molecule has 0 aliphatic carbocycles. The topological polar surface area (TPSA) is 40.5 Å². The standard InChI is InChI=1S/C13H14F3NO2/c1-2-7-17(8-6-12(18)19)11-5-3-4-10(9-11)13(14,15)16/h2-5,9H,1,6-8H2,(H,18,19). The lowest BCUT2D eigenvalue weighted by Gasteiger charge is -2.23. The van der Waals surface area contributed by atoms with Gasteiger partial charge in [0, 0.05) is 18.8 Å². The van der Waals surface area contributed by atoms with Crippen molar-refractivity contribution in [2.75, 3.05) is 18.0 Å². The minimum Gasteiger partial charge on any atom is -0.481 e. The van der Waals surface area contributed by atoms with Gasteiger partial charge in [-0.2, -0.15) is 13.2 Å². The quantitative estimate of drug-likeness (QED) is 0.809. The summed E-state index contributed by atoms with van der Waals surface area (Å²) in [4.78, 5) is 12.1. The molecular formula is C13H14F3NO2. The van der Waals surface area contributed by atoms with Crippen LogP contribution in [0.15, 0.2) is 36.9 Å². The second-order valence-corrected chi connectivity index (χ2v) is 3.93. The highest BCUT2D eigenvalue weighted by molar-refractivity contribution is 5.67. The number of carbonyl (C=O) groups is 1. The zero-order chi connectivity index (χ0) is 14.5. The summed E-state index contributed by atoms with van der Waals surface area (Å²) in [5.74, 6) is -0.999. The molecule has 0 spiro atoms. The summed E-state index contributed by atoms with van der Waals surface area (Å²) in [5.41, 5.74) is -0.426. The molecule has 1 aromatic carbocycles. The molecule has 1 rings (SSSR count). The normalized spacial score (nSPS) is 11.1. The first kappa shape index (κ1) is 15.1. The number of carboxylic acid groups (broad SMARTS) is 1. The molecule has 104 valence electrons. The van der Waals surface area contributed by atoms with Crippen molar-refractivity contribution in [1.82, 2.24) is 0 Å². The van der Waals surface area contributed by atoms with Crippen molar-refractivity contribution in [3.05, 3.63) is 42.5 Å². The van der Waals surface area contributed by atoms with Gasteiger partial charge in [-0.25, -0.2) is 0 Å². The molecule has 1 aromatic rings. The van der Waals surface area contributed by atoms with Crippen LogP contribution >= 0.6 is 0 Å². The first-order chi connectivity index (χ1) is 8.84. The fourth-order valence-electron chi connectivity index (χ4n) is 1.59. The van der Waals surface area contributed by atoms with E-state index >= 15 is 0 Å². The molecule has 0 bridgehead atoms. The van der Waals surface area contributed by atoms with Gasteiger partial charge in [0.05, 0.1) is 12.0 Å². The Bertz CT molecular complexity index is 457. The number of benzene rings is 1. The summed E-state index contributed by atoms with van der Waals surface area (Å²) in [6, 6.07) is 4.80. The van der Waals surface area contributed by atoms with E-state index in [2.05, 4.69) is 6.58 Å². The largest absolute Gasteiger partial charge is 0.481 e. The second-order valence-electron chi connectivity index (χ2n) is 3.93. The lowest BCUT2D eigenvalue weighted by atomic mass is 10.1. The SMILES string of the molecule is C=CCN(CCC(=O)O)c1cccc(C(F)(F)F)c1. The van der Waals surface area contributed by atoms with E-state index in [4.69, 9.17) is 5.11 Å². The molecule has 3 nitrogen and oxygen atoms in total. The molecule has 0 heterocycles. The van der Waals surface area contributed by atoms with Gasteiger partial charge in [0.15, 0.2) is 0 Å². The monoisotopic (exact) mass is 273 g/mol. The number of alkyl halides is 3. The maximum atomic E-state index is 12.6. The van der Waals surface area contributed by atoms with Crippen LogP contribution in [-0.4, -0.2) is 24.2 Å². The van der Waals surface area contributed by atoms with Gasteiger partial charge in [0.2, 0.25) is 0 Å². The molecule has 6 heteroatoms. The van der Waals surface area contributed by atoms with Gasteiger partial charge in [0.25, 0.3) is 0 Å². The van der Waals surface area contributed by atoms with Crippen LogP contribution in [0.3, 0.4) is 0 Å². The molecule has 0 saturated heterocycles. The molecule has 0 radical (unpaired) electrons. The predicted molar refractivity (Wildman–Crippen MR) is 66.1 cm³/mol. The Balaban J connectivity index is 2.95. The number of halogens is 3.